The van der Waals surface area contributed by atoms with E-state index in [-0.39, 0.29) is 5.91 Å². The van der Waals surface area contributed by atoms with Gasteiger partial charge in [0.2, 0.25) is 5.91 Å². The second kappa shape index (κ2) is 2.83. The van der Waals surface area contributed by atoms with E-state index in [4.69, 9.17) is 5.73 Å². The first kappa shape index (κ1) is 7.68. The summed E-state index contributed by atoms with van der Waals surface area (Å²) < 4.78 is 0. The maximum atomic E-state index is 10.8. The number of thioether (sulfide) groups is 1. The average molecular weight is 179 g/mol. The van der Waals surface area contributed by atoms with Gasteiger partial charge in [-0.1, -0.05) is 6.07 Å². The lowest BCUT2D eigenvalue weighted by atomic mass is 10.1. The molecular weight excluding hydrogens is 170 g/mol. The minimum Gasteiger partial charge on any atom is -0.366 e. The van der Waals surface area contributed by atoms with Crippen molar-refractivity contribution in [3.8, 4) is 0 Å². The minimum absolute atomic E-state index is 0.342. The summed E-state index contributed by atoms with van der Waals surface area (Å²) >= 11 is 1.79. The molecule has 12 heavy (non-hydrogen) atoms. The van der Waals surface area contributed by atoms with Gasteiger partial charge in [0.25, 0.3) is 0 Å². The second-order valence-electron chi connectivity index (χ2n) is 2.79. The smallest absolute Gasteiger partial charge is 0.248 e. The summed E-state index contributed by atoms with van der Waals surface area (Å²) in [7, 11) is 0. The zero-order valence-corrected chi connectivity index (χ0v) is 7.36. The van der Waals surface area contributed by atoms with E-state index >= 15 is 0 Å². The fourth-order valence-electron chi connectivity index (χ4n) is 1.32. The molecule has 3 heteroatoms. The van der Waals surface area contributed by atoms with Crippen LogP contribution in [-0.2, 0) is 6.42 Å². The Labute approximate surface area is 75.1 Å². The Balaban J connectivity index is 2.45. The molecule has 1 aromatic carbocycles. The highest BCUT2D eigenvalue weighted by Gasteiger charge is 2.12. The van der Waals surface area contributed by atoms with Gasteiger partial charge < -0.3 is 5.73 Å². The Hall–Kier alpha value is -0.960. The molecule has 0 fully saturated rings. The number of amides is 1. The summed E-state index contributed by atoms with van der Waals surface area (Å²) in [6, 6.07) is 5.68. The molecule has 0 atom stereocenters. The van der Waals surface area contributed by atoms with Gasteiger partial charge in [0.15, 0.2) is 0 Å². The van der Waals surface area contributed by atoms with Crippen LogP contribution in [0.3, 0.4) is 0 Å². The first-order valence-corrected chi connectivity index (χ1v) is 4.81. The Morgan fingerprint density at radius 1 is 1.50 bits per heavy atom. The van der Waals surface area contributed by atoms with Crippen molar-refractivity contribution in [1.82, 2.24) is 0 Å². The van der Waals surface area contributed by atoms with Crippen LogP contribution in [0.25, 0.3) is 0 Å². The number of aryl methyl sites for hydroxylation is 1. The summed E-state index contributed by atoms with van der Waals surface area (Å²) in [5, 5.41) is 0. The predicted octanol–water partition coefficient (Wildman–Crippen LogP) is 1.43. The molecule has 1 aromatic rings. The van der Waals surface area contributed by atoms with Crippen LogP contribution in [0.5, 0.6) is 0 Å². The van der Waals surface area contributed by atoms with Gasteiger partial charge in [-0.2, -0.15) is 0 Å². The summed E-state index contributed by atoms with van der Waals surface area (Å²) in [4.78, 5) is 12.0. The molecule has 2 rings (SSSR count). The van der Waals surface area contributed by atoms with E-state index in [1.54, 1.807) is 17.8 Å². The molecule has 0 aromatic heterocycles. The van der Waals surface area contributed by atoms with Crippen molar-refractivity contribution in [2.75, 3.05) is 5.75 Å². The van der Waals surface area contributed by atoms with Crippen LogP contribution in [0.1, 0.15) is 15.9 Å². The molecular formula is C9H9NOS. The molecule has 0 saturated carbocycles. The fourth-order valence-corrected chi connectivity index (χ4v) is 2.43. The molecule has 1 aliphatic rings. The molecule has 0 spiro atoms. The number of carbonyl (C=O) groups is 1. The van der Waals surface area contributed by atoms with Crippen LogP contribution < -0.4 is 5.73 Å². The number of benzene rings is 1. The number of carbonyl (C=O) groups excluding carboxylic acids is 1. The number of nitrogens with two attached hydrogens (primary N) is 1. The Kier molecular flexibility index (Phi) is 1.81. The van der Waals surface area contributed by atoms with Gasteiger partial charge in [0.1, 0.15) is 0 Å². The lowest BCUT2D eigenvalue weighted by Crippen LogP contribution is -2.10. The lowest BCUT2D eigenvalue weighted by Gasteiger charge is -1.99. The summed E-state index contributed by atoms with van der Waals surface area (Å²) in [6.07, 6.45) is 1.11. The molecule has 0 unspecified atom stereocenters. The molecule has 1 heterocycles. The minimum atomic E-state index is -0.342. The van der Waals surface area contributed by atoms with Crippen LogP contribution in [0.15, 0.2) is 23.1 Å². The summed E-state index contributed by atoms with van der Waals surface area (Å²) in [5.74, 6) is 0.780. The van der Waals surface area contributed by atoms with Gasteiger partial charge in [-0.3, -0.25) is 4.79 Å². The SMILES string of the molecule is NC(=O)c1ccc2c(c1)SCC2. The predicted molar refractivity (Wildman–Crippen MR) is 49.4 cm³/mol. The largest absolute Gasteiger partial charge is 0.366 e. The Bertz CT molecular complexity index is 335. The maximum Gasteiger partial charge on any atom is 0.248 e. The average Bonchev–Trinajstić information content (AvgIpc) is 2.49. The first-order valence-electron chi connectivity index (χ1n) is 3.83. The normalized spacial score (nSPS) is 14.3. The number of fused-ring (bicyclic) bond motifs is 1. The van der Waals surface area contributed by atoms with E-state index in [9.17, 15) is 4.79 Å². The number of rotatable bonds is 1. The van der Waals surface area contributed by atoms with E-state index < -0.39 is 0 Å². The number of hydrogen-bond donors (Lipinski definition) is 1. The third-order valence-electron chi connectivity index (χ3n) is 1.98. The molecule has 1 aliphatic heterocycles. The van der Waals surface area contributed by atoms with Crippen LogP contribution in [0.2, 0.25) is 0 Å². The molecule has 0 aliphatic carbocycles. The van der Waals surface area contributed by atoms with Crippen LogP contribution in [0, 0.1) is 0 Å². The van der Waals surface area contributed by atoms with E-state index in [1.165, 1.54) is 10.5 Å². The van der Waals surface area contributed by atoms with Gasteiger partial charge in [0.05, 0.1) is 0 Å². The third kappa shape index (κ3) is 1.20. The van der Waals surface area contributed by atoms with Crippen LogP contribution in [-0.4, -0.2) is 11.7 Å². The second-order valence-corrected chi connectivity index (χ2v) is 3.92. The van der Waals surface area contributed by atoms with Gasteiger partial charge >= 0.3 is 0 Å². The van der Waals surface area contributed by atoms with Crippen LogP contribution in [0.4, 0.5) is 0 Å². The lowest BCUT2D eigenvalue weighted by molar-refractivity contribution is 0.1000. The van der Waals surface area contributed by atoms with Crippen LogP contribution >= 0.6 is 11.8 Å². The Morgan fingerprint density at radius 2 is 2.33 bits per heavy atom. The van der Waals surface area contributed by atoms with Crippen molar-refractivity contribution in [1.29, 1.82) is 0 Å². The topological polar surface area (TPSA) is 43.1 Å². The highest BCUT2D eigenvalue weighted by atomic mass is 32.2. The van der Waals surface area contributed by atoms with Crippen molar-refractivity contribution in [3.63, 3.8) is 0 Å². The Morgan fingerprint density at radius 3 is 3.08 bits per heavy atom. The molecule has 2 N–H and O–H groups in total. The van der Waals surface area contributed by atoms with Crippen molar-refractivity contribution < 1.29 is 4.79 Å². The molecule has 62 valence electrons. The third-order valence-corrected chi connectivity index (χ3v) is 3.08. The molecule has 1 amide bonds. The maximum absolute atomic E-state index is 10.8. The van der Waals surface area contributed by atoms with Crippen molar-refractivity contribution in [3.05, 3.63) is 29.3 Å². The highest BCUT2D eigenvalue weighted by Crippen LogP contribution is 2.31. The van der Waals surface area contributed by atoms with Gasteiger partial charge in [-0.15, -0.1) is 11.8 Å². The molecule has 0 saturated heterocycles. The van der Waals surface area contributed by atoms with Gasteiger partial charge in [-0.05, 0) is 24.1 Å². The summed E-state index contributed by atoms with van der Waals surface area (Å²) in [6.45, 7) is 0. The summed E-state index contributed by atoms with van der Waals surface area (Å²) in [5.41, 5.74) is 7.11. The number of hydrogen-bond acceptors (Lipinski definition) is 2. The van der Waals surface area contributed by atoms with E-state index in [0.717, 1.165) is 12.2 Å². The van der Waals surface area contributed by atoms with E-state index in [2.05, 4.69) is 0 Å². The zero-order chi connectivity index (χ0) is 8.55. The van der Waals surface area contributed by atoms with E-state index in [0.29, 0.717) is 5.56 Å². The fraction of sp³-hybridized carbons (Fsp3) is 0.222. The standard InChI is InChI=1S/C9H9NOS/c10-9(11)7-2-1-6-3-4-12-8(6)5-7/h1-2,5H,3-4H2,(H2,10,11). The molecule has 0 bridgehead atoms. The van der Waals surface area contributed by atoms with Crippen molar-refractivity contribution in [2.24, 2.45) is 5.73 Å². The highest BCUT2D eigenvalue weighted by molar-refractivity contribution is 7.99. The zero-order valence-electron chi connectivity index (χ0n) is 6.54. The monoisotopic (exact) mass is 179 g/mol. The van der Waals surface area contributed by atoms with Gasteiger partial charge in [-0.25, -0.2) is 0 Å². The van der Waals surface area contributed by atoms with Gasteiger partial charge in [0, 0.05) is 16.2 Å². The quantitative estimate of drug-likeness (QED) is 0.708. The van der Waals surface area contributed by atoms with Crippen molar-refractivity contribution in [2.45, 2.75) is 11.3 Å². The van der Waals surface area contributed by atoms with E-state index in [1.807, 2.05) is 12.1 Å². The first-order chi connectivity index (χ1) is 5.77. The van der Waals surface area contributed by atoms with Crippen molar-refractivity contribution >= 4 is 17.7 Å². The molecule has 2 nitrogen and oxygen atoms in total. The molecule has 0 radical (unpaired) electrons. The number of primary amides is 1.